The van der Waals surface area contributed by atoms with Crippen molar-refractivity contribution in [2.24, 2.45) is 0 Å². The van der Waals surface area contributed by atoms with Crippen molar-refractivity contribution in [3.63, 3.8) is 0 Å². The molecule has 5 nitrogen and oxygen atoms in total. The molecule has 0 radical (unpaired) electrons. The number of carboxylic acid groups (broad SMARTS) is 1. The molecule has 1 aromatic carbocycles. The van der Waals surface area contributed by atoms with Gasteiger partial charge < -0.3 is 5.11 Å². The van der Waals surface area contributed by atoms with Crippen molar-refractivity contribution in [2.75, 3.05) is 0 Å². The molecule has 0 aliphatic carbocycles. The zero-order valence-corrected chi connectivity index (χ0v) is 12.7. The van der Waals surface area contributed by atoms with E-state index in [9.17, 15) is 40.3 Å². The van der Waals surface area contributed by atoms with Gasteiger partial charge in [-0.15, -0.1) is 0 Å². The molecule has 0 aliphatic heterocycles. The monoisotopic (exact) mass is 404 g/mol. The standard InChI is InChI=1S/C13H4ClF7N2O3/c14-6-2-7(15)8(1-4(6)11(25)26)23-10(24)9(13(19,20)21)5(3-22-23)12(16,17)18/h1-3H,(H,25,26). The maximum atomic E-state index is 13.9. The van der Waals surface area contributed by atoms with Crippen molar-refractivity contribution in [2.45, 2.75) is 12.4 Å². The summed E-state index contributed by atoms with van der Waals surface area (Å²) in [5.74, 6) is -3.19. The highest BCUT2D eigenvalue weighted by Crippen LogP contribution is 2.38. The molecule has 0 saturated carbocycles. The summed E-state index contributed by atoms with van der Waals surface area (Å²) < 4.78 is 90.7. The van der Waals surface area contributed by atoms with Gasteiger partial charge in [0.1, 0.15) is 11.3 Å². The minimum Gasteiger partial charge on any atom is -0.478 e. The number of alkyl halides is 6. The second-order valence-corrected chi connectivity index (χ2v) is 5.14. The van der Waals surface area contributed by atoms with E-state index in [1.54, 1.807) is 0 Å². The molecule has 26 heavy (non-hydrogen) atoms. The van der Waals surface area contributed by atoms with Crippen molar-refractivity contribution in [3.8, 4) is 5.69 Å². The van der Waals surface area contributed by atoms with Crippen molar-refractivity contribution in [1.29, 1.82) is 0 Å². The molecule has 140 valence electrons. The fraction of sp³-hybridized carbons (Fsp3) is 0.154. The topological polar surface area (TPSA) is 72.2 Å². The minimum absolute atomic E-state index is 0.307. The van der Waals surface area contributed by atoms with Gasteiger partial charge >= 0.3 is 18.3 Å². The van der Waals surface area contributed by atoms with Gasteiger partial charge in [0.05, 0.1) is 22.3 Å². The molecule has 0 amide bonds. The highest BCUT2D eigenvalue weighted by molar-refractivity contribution is 6.33. The number of aromatic carboxylic acids is 1. The average Bonchev–Trinajstić information content (AvgIpc) is 2.44. The Labute approximate surface area is 143 Å². The van der Waals surface area contributed by atoms with Crippen LogP contribution in [0.5, 0.6) is 0 Å². The van der Waals surface area contributed by atoms with Crippen LogP contribution in [0, 0.1) is 5.82 Å². The number of benzene rings is 1. The average molecular weight is 405 g/mol. The Morgan fingerprint density at radius 1 is 1.12 bits per heavy atom. The van der Waals surface area contributed by atoms with Crippen molar-refractivity contribution >= 4 is 17.6 Å². The fourth-order valence-corrected chi connectivity index (χ4v) is 2.21. The Bertz CT molecular complexity index is 950. The first-order valence-corrected chi connectivity index (χ1v) is 6.62. The number of hydrogen-bond donors (Lipinski definition) is 1. The molecule has 0 fully saturated rings. The Balaban J connectivity index is 2.88. The molecule has 1 aromatic heterocycles. The van der Waals surface area contributed by atoms with Crippen LogP contribution in [0.25, 0.3) is 5.69 Å². The van der Waals surface area contributed by atoms with Gasteiger partial charge in [-0.05, 0) is 12.1 Å². The lowest BCUT2D eigenvalue weighted by atomic mass is 10.1. The van der Waals surface area contributed by atoms with Gasteiger partial charge in [0.15, 0.2) is 5.82 Å². The summed E-state index contributed by atoms with van der Waals surface area (Å²) >= 11 is 5.46. The van der Waals surface area contributed by atoms with Crippen molar-refractivity contribution < 1.29 is 40.6 Å². The predicted molar refractivity (Wildman–Crippen MR) is 71.8 cm³/mol. The van der Waals surface area contributed by atoms with Gasteiger partial charge in [-0.3, -0.25) is 4.79 Å². The van der Waals surface area contributed by atoms with E-state index in [4.69, 9.17) is 16.7 Å². The SMILES string of the molecule is O=C(O)c1cc(-n2ncc(C(F)(F)F)c(C(F)(F)F)c2=O)c(F)cc1Cl. The van der Waals surface area contributed by atoms with Crippen LogP contribution in [0.2, 0.25) is 5.02 Å². The molecule has 0 saturated heterocycles. The number of halogens is 8. The number of hydrogen-bond acceptors (Lipinski definition) is 3. The van der Waals surface area contributed by atoms with Crippen LogP contribution in [-0.2, 0) is 12.4 Å². The Morgan fingerprint density at radius 3 is 2.15 bits per heavy atom. The Morgan fingerprint density at radius 2 is 1.69 bits per heavy atom. The van der Waals surface area contributed by atoms with E-state index in [-0.39, 0.29) is 10.9 Å². The Kier molecular flexibility index (Phi) is 4.75. The summed E-state index contributed by atoms with van der Waals surface area (Å²) in [4.78, 5) is 22.9. The van der Waals surface area contributed by atoms with Crippen molar-refractivity contribution in [3.05, 3.63) is 56.2 Å². The third-order valence-corrected chi connectivity index (χ3v) is 3.37. The van der Waals surface area contributed by atoms with Crippen LogP contribution in [0.3, 0.4) is 0 Å². The maximum Gasteiger partial charge on any atom is 0.422 e. The molecule has 0 aliphatic rings. The van der Waals surface area contributed by atoms with E-state index in [1.807, 2.05) is 0 Å². The first kappa shape index (κ1) is 19.7. The molecular weight excluding hydrogens is 401 g/mol. The summed E-state index contributed by atoms with van der Waals surface area (Å²) in [6, 6.07) is 0.751. The second-order valence-electron chi connectivity index (χ2n) is 4.73. The smallest absolute Gasteiger partial charge is 0.422 e. The molecule has 0 bridgehead atoms. The number of carbonyl (C=O) groups is 1. The first-order chi connectivity index (χ1) is 11.7. The molecular formula is C13H4ClF7N2O3. The molecule has 0 spiro atoms. The van der Waals surface area contributed by atoms with E-state index in [1.165, 1.54) is 0 Å². The third kappa shape index (κ3) is 3.49. The van der Waals surface area contributed by atoms with E-state index in [2.05, 4.69) is 5.10 Å². The third-order valence-electron chi connectivity index (χ3n) is 3.06. The molecule has 1 N–H and O–H groups in total. The lowest BCUT2D eigenvalue weighted by Gasteiger charge is -2.16. The van der Waals surface area contributed by atoms with Gasteiger partial charge in [0.2, 0.25) is 0 Å². The van der Waals surface area contributed by atoms with Crippen LogP contribution in [0.1, 0.15) is 21.5 Å². The van der Waals surface area contributed by atoms with Crippen LogP contribution in [0.15, 0.2) is 23.1 Å². The predicted octanol–water partition coefficient (Wildman–Crippen LogP) is 3.76. The largest absolute Gasteiger partial charge is 0.478 e. The number of rotatable bonds is 2. The molecule has 0 atom stereocenters. The van der Waals surface area contributed by atoms with E-state index in [0.717, 1.165) is 0 Å². The van der Waals surface area contributed by atoms with Crippen LogP contribution in [-0.4, -0.2) is 20.9 Å². The lowest BCUT2D eigenvalue weighted by molar-refractivity contribution is -0.163. The Hall–Kier alpha value is -2.63. The quantitative estimate of drug-likeness (QED) is 0.774. The van der Waals surface area contributed by atoms with E-state index >= 15 is 0 Å². The summed E-state index contributed by atoms with van der Waals surface area (Å²) in [6.45, 7) is 0. The number of aromatic nitrogens is 2. The first-order valence-electron chi connectivity index (χ1n) is 6.24. The van der Waals surface area contributed by atoms with Gasteiger partial charge in [-0.1, -0.05) is 11.6 Å². The molecule has 2 aromatic rings. The summed E-state index contributed by atoms with van der Waals surface area (Å²) in [7, 11) is 0. The van der Waals surface area contributed by atoms with E-state index < -0.39 is 57.1 Å². The molecule has 13 heteroatoms. The van der Waals surface area contributed by atoms with Crippen LogP contribution in [0.4, 0.5) is 30.7 Å². The maximum absolute atomic E-state index is 13.9. The number of nitrogens with zero attached hydrogens (tertiary/aromatic N) is 2. The highest BCUT2D eigenvalue weighted by Gasteiger charge is 2.46. The summed E-state index contributed by atoms with van der Waals surface area (Å²) in [5, 5.41) is 11.1. The molecule has 1 heterocycles. The molecule has 0 unspecified atom stereocenters. The van der Waals surface area contributed by atoms with Gasteiger partial charge in [-0.25, -0.2) is 9.18 Å². The van der Waals surface area contributed by atoms with Crippen molar-refractivity contribution in [1.82, 2.24) is 9.78 Å². The zero-order chi connectivity index (χ0) is 20.0. The minimum atomic E-state index is -5.73. The highest BCUT2D eigenvalue weighted by atomic mass is 35.5. The molecule has 2 rings (SSSR count). The van der Waals surface area contributed by atoms with Gasteiger partial charge in [0, 0.05) is 0 Å². The summed E-state index contributed by atoms with van der Waals surface area (Å²) in [5.41, 5.74) is -9.23. The fourth-order valence-electron chi connectivity index (χ4n) is 1.98. The normalized spacial score (nSPS) is 12.3. The van der Waals surface area contributed by atoms with Crippen LogP contribution >= 0.6 is 11.6 Å². The van der Waals surface area contributed by atoms with Gasteiger partial charge in [0.25, 0.3) is 5.56 Å². The lowest BCUT2D eigenvalue weighted by Crippen LogP contribution is -2.34. The second kappa shape index (κ2) is 6.27. The number of carboxylic acids is 1. The van der Waals surface area contributed by atoms with Gasteiger partial charge in [-0.2, -0.15) is 36.1 Å². The van der Waals surface area contributed by atoms with E-state index in [0.29, 0.717) is 12.1 Å². The van der Waals surface area contributed by atoms with Crippen LogP contribution < -0.4 is 5.56 Å². The zero-order valence-electron chi connectivity index (χ0n) is 11.9. The summed E-state index contributed by atoms with van der Waals surface area (Å²) in [6.07, 6.45) is -11.6.